The summed E-state index contributed by atoms with van der Waals surface area (Å²) < 4.78 is 60.3. The first-order valence-electron chi connectivity index (χ1n) is 19.0. The molecule has 2 saturated heterocycles. The Morgan fingerprint density at radius 2 is 1.81 bits per heavy atom. The summed E-state index contributed by atoms with van der Waals surface area (Å²) in [5.74, 6) is -1.82. The second-order valence-corrected chi connectivity index (χ2v) is 15.3. The van der Waals surface area contributed by atoms with E-state index in [1.165, 1.54) is 21.3 Å². The van der Waals surface area contributed by atoms with Crippen LogP contribution in [0.1, 0.15) is 90.3 Å². The number of carbonyl (C=O) groups excluding carboxylic acids is 3. The zero-order valence-corrected chi connectivity index (χ0v) is 30.9. The molecule has 3 amide bonds. The lowest BCUT2D eigenvalue weighted by molar-refractivity contribution is -0.141. The number of halogens is 4. The third-order valence-electron chi connectivity index (χ3n) is 11.7. The minimum Gasteiger partial charge on any atom is -0.319 e. The van der Waals surface area contributed by atoms with Crippen molar-refractivity contribution in [2.45, 2.75) is 75.3 Å². The van der Waals surface area contributed by atoms with E-state index >= 15 is 4.39 Å². The Balaban J connectivity index is 0.894. The summed E-state index contributed by atoms with van der Waals surface area (Å²) >= 11 is 0. The molecule has 8 rings (SSSR count). The van der Waals surface area contributed by atoms with Crippen LogP contribution in [0.2, 0.25) is 0 Å². The maximum absolute atomic E-state index is 16.1. The summed E-state index contributed by atoms with van der Waals surface area (Å²) in [5.41, 5.74) is 0.680. The fraction of sp³-hybridized carbons (Fsp3) is 0.425. The molecule has 1 saturated carbocycles. The van der Waals surface area contributed by atoms with E-state index in [0.29, 0.717) is 40.8 Å². The molecule has 3 fully saturated rings. The van der Waals surface area contributed by atoms with E-state index < -0.39 is 47.5 Å². The van der Waals surface area contributed by atoms with Crippen LogP contribution in [0.4, 0.5) is 23.2 Å². The first-order chi connectivity index (χ1) is 27.3. The highest BCUT2D eigenvalue weighted by Crippen LogP contribution is 2.38. The highest BCUT2D eigenvalue weighted by Gasteiger charge is 2.37. The van der Waals surface area contributed by atoms with Crippen LogP contribution in [-0.4, -0.2) is 72.3 Å². The molecule has 2 N–H and O–H groups in total. The molecule has 3 unspecified atom stereocenters. The van der Waals surface area contributed by atoms with E-state index in [2.05, 4.69) is 20.5 Å². The van der Waals surface area contributed by atoms with Crippen LogP contribution in [0, 0.1) is 17.2 Å². The van der Waals surface area contributed by atoms with Crippen LogP contribution >= 0.6 is 0 Å². The van der Waals surface area contributed by atoms with Gasteiger partial charge < -0.3 is 10.2 Å². The van der Waals surface area contributed by atoms with E-state index in [0.717, 1.165) is 49.9 Å². The molecule has 17 heteroatoms. The lowest BCUT2D eigenvalue weighted by Crippen LogP contribution is -2.44. The number of para-hydroxylation sites is 1. The van der Waals surface area contributed by atoms with Gasteiger partial charge in [0.1, 0.15) is 29.7 Å². The lowest BCUT2D eigenvalue weighted by Gasteiger charge is -2.38. The summed E-state index contributed by atoms with van der Waals surface area (Å²) in [5, 5.41) is 20.0. The third-order valence-corrected chi connectivity index (χ3v) is 11.7. The van der Waals surface area contributed by atoms with Gasteiger partial charge in [0, 0.05) is 44.1 Å². The zero-order chi connectivity index (χ0) is 40.2. The van der Waals surface area contributed by atoms with Gasteiger partial charge in [-0.05, 0) is 86.9 Å². The van der Waals surface area contributed by atoms with Gasteiger partial charge in [-0.15, -0.1) is 0 Å². The molecular weight excluding hydrogens is 746 g/mol. The van der Waals surface area contributed by atoms with Crippen LogP contribution in [0.15, 0.2) is 59.5 Å². The number of likely N-dealkylation sites (tertiary alicyclic amines) is 1. The molecule has 3 atom stereocenters. The van der Waals surface area contributed by atoms with Gasteiger partial charge in [0.05, 0.1) is 33.8 Å². The molecule has 3 aliphatic rings. The average Bonchev–Trinajstić information content (AvgIpc) is 3.71. The van der Waals surface area contributed by atoms with Gasteiger partial charge in [-0.2, -0.15) is 23.5 Å². The van der Waals surface area contributed by atoms with Crippen molar-refractivity contribution in [3.63, 3.8) is 0 Å². The number of hydrogen-bond donors (Lipinski definition) is 2. The normalized spacial score (nSPS) is 23.4. The Kier molecular flexibility index (Phi) is 9.92. The molecule has 0 bridgehead atoms. The summed E-state index contributed by atoms with van der Waals surface area (Å²) in [6.45, 7) is 1.71. The van der Waals surface area contributed by atoms with Gasteiger partial charge in [0.15, 0.2) is 0 Å². The second-order valence-electron chi connectivity index (χ2n) is 15.3. The number of benzene rings is 2. The number of alkyl halides is 4. The van der Waals surface area contributed by atoms with Gasteiger partial charge in [-0.1, -0.05) is 18.2 Å². The number of carbonyl (C=O) groups is 3. The fourth-order valence-electron chi connectivity index (χ4n) is 8.82. The Hall–Kier alpha value is -5.89. The predicted molar refractivity (Wildman–Crippen MR) is 200 cm³/mol. The molecule has 0 spiro atoms. The molecule has 5 aromatic rings. The molecule has 296 valence electrons. The molecule has 13 nitrogen and oxygen atoms in total. The third kappa shape index (κ3) is 7.29. The quantitative estimate of drug-likeness (QED) is 0.156. The van der Waals surface area contributed by atoms with Crippen molar-refractivity contribution in [2.24, 2.45) is 13.0 Å². The fourth-order valence-corrected chi connectivity index (χ4v) is 8.82. The van der Waals surface area contributed by atoms with Crippen LogP contribution in [0.5, 0.6) is 0 Å². The number of nitrogens with one attached hydrogen (secondary N) is 2. The van der Waals surface area contributed by atoms with E-state index in [4.69, 9.17) is 5.10 Å². The molecular formula is C40H39F4N9O4. The van der Waals surface area contributed by atoms with Gasteiger partial charge in [-0.3, -0.25) is 33.5 Å². The van der Waals surface area contributed by atoms with Gasteiger partial charge in [-0.25, -0.2) is 14.2 Å². The Morgan fingerprint density at radius 3 is 2.53 bits per heavy atom. The van der Waals surface area contributed by atoms with Crippen LogP contribution in [0.3, 0.4) is 0 Å². The molecule has 3 aromatic heterocycles. The maximum atomic E-state index is 16.1. The van der Waals surface area contributed by atoms with Crippen LogP contribution in [0.25, 0.3) is 21.9 Å². The van der Waals surface area contributed by atoms with Gasteiger partial charge in [0.25, 0.3) is 5.91 Å². The number of rotatable bonds is 7. The maximum Gasteiger partial charge on any atom is 0.433 e. The number of piperidine rings is 2. The van der Waals surface area contributed by atoms with Crippen molar-refractivity contribution < 1.29 is 31.9 Å². The number of amides is 3. The van der Waals surface area contributed by atoms with Crippen molar-refractivity contribution >= 4 is 45.3 Å². The Labute approximate surface area is 323 Å². The number of hydrogen-bond acceptors (Lipinski definition) is 8. The number of fused-ring (bicyclic) bond motifs is 2. The number of imidazole rings is 1. The Bertz CT molecular complexity index is 2510. The minimum absolute atomic E-state index is 0.0887. The first-order valence-corrected chi connectivity index (χ1v) is 19.0. The van der Waals surface area contributed by atoms with Crippen molar-refractivity contribution in [1.82, 2.24) is 34.1 Å². The predicted octanol–water partition coefficient (Wildman–Crippen LogP) is 5.76. The zero-order valence-electron chi connectivity index (χ0n) is 30.9. The second kappa shape index (κ2) is 14.9. The summed E-state index contributed by atoms with van der Waals surface area (Å²) in [4.78, 5) is 56.3. The average molecular weight is 786 g/mol. The smallest absolute Gasteiger partial charge is 0.319 e. The molecule has 5 heterocycles. The number of aromatic nitrogens is 5. The molecule has 1 aliphatic carbocycles. The van der Waals surface area contributed by atoms with E-state index in [-0.39, 0.29) is 48.3 Å². The highest BCUT2D eigenvalue weighted by atomic mass is 19.4. The molecule has 2 aliphatic heterocycles. The number of nitriles is 1. The lowest BCUT2D eigenvalue weighted by atomic mass is 9.83. The largest absolute Gasteiger partial charge is 0.433 e. The summed E-state index contributed by atoms with van der Waals surface area (Å²) in [6.07, 6.45) is 0.369. The number of aryl methyl sites for hydroxylation is 1. The summed E-state index contributed by atoms with van der Waals surface area (Å²) in [7, 11) is 1.63. The van der Waals surface area contributed by atoms with Crippen molar-refractivity contribution in [3.8, 4) is 6.07 Å². The standard InChI is InChI=1S/C40H39F4N9O4/c1-50-36-27(4-2-6-32(36)53(39(50)57)33-12-13-35(54)48-38(33)56)26-14-15-51(21-28(26)41)19-22-8-10-25(11-9-22)52-20-24-17-30(23(18-45)16-31(24)49-52)47-37(55)29-5-3-7-34(46-29)40(42,43)44/h2-7,16-17,20,22,25-26,28,33H,8-15,19,21H2,1H3,(H,47,55)(H,48,54,56)/t22-,25-,26?,28?,33?. The Morgan fingerprint density at radius 1 is 1.04 bits per heavy atom. The van der Waals surface area contributed by atoms with Crippen molar-refractivity contribution in [3.05, 3.63) is 87.7 Å². The van der Waals surface area contributed by atoms with Gasteiger partial charge in [0.2, 0.25) is 11.8 Å². The summed E-state index contributed by atoms with van der Waals surface area (Å²) in [6, 6.07) is 12.9. The molecule has 0 radical (unpaired) electrons. The van der Waals surface area contributed by atoms with Crippen LogP contribution in [-0.2, 0) is 22.8 Å². The minimum atomic E-state index is -4.71. The molecule has 57 heavy (non-hydrogen) atoms. The van der Waals surface area contributed by atoms with Gasteiger partial charge >= 0.3 is 11.9 Å². The van der Waals surface area contributed by atoms with Crippen LogP contribution < -0.4 is 16.3 Å². The number of nitrogens with zero attached hydrogens (tertiary/aromatic N) is 7. The van der Waals surface area contributed by atoms with E-state index in [1.54, 1.807) is 25.2 Å². The number of anilines is 1. The highest BCUT2D eigenvalue weighted by molar-refractivity contribution is 6.05. The van der Waals surface area contributed by atoms with E-state index in [9.17, 15) is 37.6 Å². The topological polar surface area (TPSA) is 160 Å². The van der Waals surface area contributed by atoms with Crippen molar-refractivity contribution in [2.75, 3.05) is 25.0 Å². The van der Waals surface area contributed by atoms with E-state index in [1.807, 2.05) is 23.0 Å². The number of pyridine rings is 1. The molecule has 2 aromatic carbocycles. The first kappa shape index (κ1) is 38.0. The SMILES string of the molecule is Cn1c(=O)n(C2CCC(=O)NC2=O)c2cccc(C3CCN(C[C@H]4CC[C@H](n5cc6cc(NC(=O)c7cccc(C(F)(F)F)n7)c(C#N)cc6n5)CC4)CC3F)c21. The number of imide groups is 1. The van der Waals surface area contributed by atoms with Crippen molar-refractivity contribution in [1.29, 1.82) is 5.26 Å². The monoisotopic (exact) mass is 785 g/mol.